The summed E-state index contributed by atoms with van der Waals surface area (Å²) in [5.74, 6) is -11.0. The zero-order valence-electron chi connectivity index (χ0n) is 41.2. The number of halogens is 16. The molecule has 440 valence electrons. The Kier molecular flexibility index (Phi) is 18.0. The van der Waals surface area contributed by atoms with Crippen LogP contribution >= 0.6 is 46.4 Å². The number of alkyl halides is 10. The maximum atomic E-state index is 14.3. The first kappa shape index (κ1) is 63.0. The Balaban J connectivity index is 0.000000235. The van der Waals surface area contributed by atoms with Gasteiger partial charge < -0.3 is 19.7 Å². The molecule has 4 aliphatic heterocycles. The van der Waals surface area contributed by atoms with Gasteiger partial charge in [0.05, 0.1) is 50.2 Å². The zero-order valence-corrected chi connectivity index (χ0v) is 45.9. The van der Waals surface area contributed by atoms with Gasteiger partial charge in [0.15, 0.2) is 11.6 Å². The lowest BCUT2D eigenvalue weighted by Gasteiger charge is -2.42. The van der Waals surface area contributed by atoms with E-state index in [1.165, 1.54) is 57.2 Å². The fourth-order valence-electron chi connectivity index (χ4n) is 8.61. The van der Waals surface area contributed by atoms with E-state index in [9.17, 15) is 83.9 Å². The number of hydrogen-bond acceptors (Lipinski definition) is 12. The van der Waals surface area contributed by atoms with Crippen molar-refractivity contribution in [2.75, 3.05) is 32.8 Å². The van der Waals surface area contributed by atoms with Crippen molar-refractivity contribution in [3.8, 4) is 0 Å². The van der Waals surface area contributed by atoms with Gasteiger partial charge >= 0.3 is 30.0 Å². The molecule has 4 aromatic carbocycles. The highest BCUT2D eigenvalue weighted by Crippen LogP contribution is 2.52. The predicted molar refractivity (Wildman–Crippen MR) is 266 cm³/mol. The van der Waals surface area contributed by atoms with Gasteiger partial charge in [-0.3, -0.25) is 9.59 Å². The highest BCUT2D eigenvalue weighted by atomic mass is 35.5. The number of aryl methyl sites for hydroxylation is 2. The van der Waals surface area contributed by atoms with Crippen LogP contribution in [0.15, 0.2) is 71.0 Å². The van der Waals surface area contributed by atoms with Gasteiger partial charge in [0.25, 0.3) is 43.1 Å². The van der Waals surface area contributed by atoms with Gasteiger partial charge in [-0.05, 0) is 91.6 Å². The molecule has 34 heteroatoms. The first-order valence-electron chi connectivity index (χ1n) is 23.0. The summed E-state index contributed by atoms with van der Waals surface area (Å²) in [6, 6.07) is 9.03. The van der Waals surface area contributed by atoms with Gasteiger partial charge in [0.1, 0.15) is 0 Å². The van der Waals surface area contributed by atoms with E-state index in [4.69, 9.17) is 60.8 Å². The van der Waals surface area contributed by atoms with E-state index < -0.39 is 154 Å². The Labute approximate surface area is 471 Å². The van der Waals surface area contributed by atoms with Crippen LogP contribution in [-0.4, -0.2) is 128 Å². The third kappa shape index (κ3) is 12.1. The molecule has 2 saturated heterocycles. The van der Waals surface area contributed by atoms with E-state index in [1.54, 1.807) is 0 Å². The van der Waals surface area contributed by atoms with E-state index in [0.29, 0.717) is 19.1 Å². The molecular weight excluding hydrogens is 1240 g/mol. The Bertz CT molecular complexity index is 3430. The molecule has 4 aromatic rings. The average molecular weight is 1280 g/mol. The molecule has 4 aliphatic rings. The van der Waals surface area contributed by atoms with Crippen molar-refractivity contribution in [2.45, 2.75) is 80.8 Å². The van der Waals surface area contributed by atoms with Crippen LogP contribution in [0.2, 0.25) is 20.1 Å². The molecule has 0 radical (unpaired) electrons. The molecular formula is C47H38Cl4F12N6O10S2. The standard InChI is InChI=1S/C25H21Cl2F6N3O6S.C22H17Cl2F6N3O4S/c1-3-41-23(38)36(15-10-35(11-15)43(39,40)22(29)30)21(37)16-5-4-13(6-12(16)2)19-9-24(42-34-19,25(31,32)33)14-7-17(26)20(28)18(27)8-14;1-10-4-11(2-3-14(10)19(34)31-13-8-33(9-13)38(35,36)20(26)27)17-7-21(37-32-17,22(28,29)30)12-5-15(23)18(25)16(24)6-12/h4-8,15,22H,3,9-11H2,1-2H3;2-6,13,20H,7-9H2,1H3,(H,31,34)/t24-;21-/m00/s1. The number of sulfonamides is 2. The number of amides is 3. The number of oxime groups is 2. The van der Waals surface area contributed by atoms with Crippen LogP contribution in [0.5, 0.6) is 0 Å². The Hall–Kier alpha value is -5.63. The summed E-state index contributed by atoms with van der Waals surface area (Å²) < 4.78 is 216. The number of imide groups is 1. The second kappa shape index (κ2) is 23.2. The molecule has 0 unspecified atom stereocenters. The Morgan fingerprint density at radius 2 is 1.06 bits per heavy atom. The van der Waals surface area contributed by atoms with Crippen molar-refractivity contribution in [1.29, 1.82) is 0 Å². The fourth-order valence-corrected chi connectivity index (χ4v) is 11.6. The van der Waals surface area contributed by atoms with E-state index in [2.05, 4.69) is 15.6 Å². The van der Waals surface area contributed by atoms with Crippen LogP contribution in [0.1, 0.15) is 73.9 Å². The van der Waals surface area contributed by atoms with Crippen LogP contribution in [0.4, 0.5) is 57.5 Å². The largest absolute Gasteiger partial charge is 0.449 e. The molecule has 0 aromatic heterocycles. The molecule has 0 saturated carbocycles. The Morgan fingerprint density at radius 1 is 0.679 bits per heavy atom. The minimum Gasteiger partial charge on any atom is -0.449 e. The molecule has 4 heterocycles. The third-order valence-corrected chi connectivity index (χ3v) is 17.1. The lowest BCUT2D eigenvalue weighted by atomic mass is 9.86. The normalized spacial score (nSPS) is 20.1. The summed E-state index contributed by atoms with van der Waals surface area (Å²) in [5, 5.41) is 7.18. The third-order valence-electron chi connectivity index (χ3n) is 13.1. The summed E-state index contributed by atoms with van der Waals surface area (Å²) in [7, 11) is -9.67. The van der Waals surface area contributed by atoms with Gasteiger partial charge in [-0.1, -0.05) is 68.8 Å². The summed E-state index contributed by atoms with van der Waals surface area (Å²) in [4.78, 5) is 49.0. The first-order valence-corrected chi connectivity index (χ1v) is 27.5. The predicted octanol–water partition coefficient (Wildman–Crippen LogP) is 10.8. The van der Waals surface area contributed by atoms with Gasteiger partial charge in [-0.15, -0.1) is 0 Å². The number of nitrogens with one attached hydrogen (secondary N) is 1. The van der Waals surface area contributed by atoms with Gasteiger partial charge in [0.2, 0.25) is 0 Å². The van der Waals surface area contributed by atoms with Gasteiger partial charge in [0, 0.05) is 61.3 Å². The SMILES string of the molecule is CCOC(=O)N(C(=O)c1ccc(C2=NO[C@@](c3cc(Cl)c(F)c(Cl)c3)(C(F)(F)F)C2)cc1C)C1CN(S(=O)(=O)C(F)F)C1.Cc1cc(C2=NO[C@@](c3cc(Cl)c(F)c(Cl)c3)(C(F)(F)F)C2)ccc1C(=O)NC1CN(S(=O)(=O)C(F)F)C1. The molecule has 8 rings (SSSR count). The molecule has 1 N–H and O–H groups in total. The van der Waals surface area contributed by atoms with Crippen LogP contribution in [0.3, 0.4) is 0 Å². The molecule has 0 spiro atoms. The molecule has 0 bridgehead atoms. The number of carbonyl (C=O) groups is 3. The molecule has 3 amide bonds. The molecule has 81 heavy (non-hydrogen) atoms. The van der Waals surface area contributed by atoms with E-state index >= 15 is 0 Å². The maximum absolute atomic E-state index is 14.3. The molecule has 2 atom stereocenters. The summed E-state index contributed by atoms with van der Waals surface area (Å²) >= 11 is 22.9. The van der Waals surface area contributed by atoms with Crippen molar-refractivity contribution in [1.82, 2.24) is 18.8 Å². The van der Waals surface area contributed by atoms with Crippen LogP contribution in [0, 0.1) is 25.5 Å². The van der Waals surface area contributed by atoms with Crippen molar-refractivity contribution in [3.63, 3.8) is 0 Å². The van der Waals surface area contributed by atoms with Gasteiger partial charge in [-0.2, -0.15) is 52.5 Å². The van der Waals surface area contributed by atoms with Crippen LogP contribution < -0.4 is 5.32 Å². The van der Waals surface area contributed by atoms with Crippen molar-refractivity contribution in [2.24, 2.45) is 10.3 Å². The van der Waals surface area contributed by atoms with E-state index in [-0.39, 0.29) is 58.9 Å². The number of carbonyl (C=O) groups excluding carboxylic acids is 3. The lowest BCUT2D eigenvalue weighted by Crippen LogP contribution is -2.64. The first-order chi connectivity index (χ1) is 37.5. The summed E-state index contributed by atoms with van der Waals surface area (Å²) in [5.41, 5.74) is -6.61. The van der Waals surface area contributed by atoms with Gasteiger partial charge in [-0.25, -0.2) is 35.3 Å². The van der Waals surface area contributed by atoms with Crippen molar-refractivity contribution >= 4 is 95.8 Å². The molecule has 2 fully saturated rings. The quantitative estimate of drug-likeness (QED) is 0.0994. The number of nitrogens with zero attached hydrogens (tertiary/aromatic N) is 5. The van der Waals surface area contributed by atoms with E-state index in [0.717, 1.165) is 24.3 Å². The number of ether oxygens (including phenoxy) is 1. The second-order valence-electron chi connectivity index (χ2n) is 18.3. The van der Waals surface area contributed by atoms with Crippen molar-refractivity contribution in [3.05, 3.63) is 137 Å². The maximum Gasteiger partial charge on any atom is 0.435 e. The minimum atomic E-state index is -5.05. The number of hydrogen-bond donors (Lipinski definition) is 1. The smallest absolute Gasteiger partial charge is 0.435 e. The number of rotatable bonds is 13. The lowest BCUT2D eigenvalue weighted by molar-refractivity contribution is -0.276. The zero-order chi connectivity index (χ0) is 60.3. The van der Waals surface area contributed by atoms with Crippen LogP contribution in [-0.2, 0) is 45.7 Å². The highest BCUT2D eigenvalue weighted by molar-refractivity contribution is 7.89. The second-order valence-corrected chi connectivity index (χ2v) is 23.7. The topological polar surface area (TPSA) is 194 Å². The molecule has 16 nitrogen and oxygen atoms in total. The summed E-state index contributed by atoms with van der Waals surface area (Å²) in [6.45, 7) is 2.42. The summed E-state index contributed by atoms with van der Waals surface area (Å²) in [6.07, 6.45) is -12.9. The average Bonchev–Trinajstić information content (AvgIpc) is 4.27. The Morgan fingerprint density at radius 3 is 1.42 bits per heavy atom. The minimum absolute atomic E-state index is 0.106. The van der Waals surface area contributed by atoms with Crippen LogP contribution in [0.25, 0.3) is 0 Å². The van der Waals surface area contributed by atoms with Crippen molar-refractivity contribution < 1.29 is 98.3 Å². The number of benzene rings is 4. The molecule has 0 aliphatic carbocycles. The fraction of sp³-hybridized carbons (Fsp3) is 0.383. The monoisotopic (exact) mass is 1280 g/mol. The highest BCUT2D eigenvalue weighted by Gasteiger charge is 2.64. The van der Waals surface area contributed by atoms with E-state index in [1.807, 2.05) is 0 Å².